The molecule has 0 aromatic carbocycles. The number of nitrogens with zero attached hydrogens (tertiary/aromatic N) is 2. The summed E-state index contributed by atoms with van der Waals surface area (Å²) in [4.78, 5) is 14.5. The fourth-order valence-electron chi connectivity index (χ4n) is 1.34. The van der Waals surface area contributed by atoms with E-state index in [0.717, 1.165) is 12.8 Å². The summed E-state index contributed by atoms with van der Waals surface area (Å²) in [5.41, 5.74) is 11.4. The third-order valence-corrected chi connectivity index (χ3v) is 2.17. The second kappa shape index (κ2) is 6.33. The van der Waals surface area contributed by atoms with Gasteiger partial charge in [0.1, 0.15) is 11.9 Å². The Balaban J connectivity index is 2.42. The fourth-order valence-corrected chi connectivity index (χ4v) is 1.34. The molecule has 17 heavy (non-hydrogen) atoms. The van der Waals surface area contributed by atoms with Crippen molar-refractivity contribution in [2.75, 3.05) is 17.6 Å². The van der Waals surface area contributed by atoms with E-state index in [0.29, 0.717) is 30.0 Å². The first-order chi connectivity index (χ1) is 8.13. The monoisotopic (exact) mass is 233 g/mol. The van der Waals surface area contributed by atoms with Crippen molar-refractivity contribution in [2.45, 2.75) is 19.3 Å². The zero-order chi connectivity index (χ0) is 12.7. The minimum atomic E-state index is -0.298. The second-order valence-corrected chi connectivity index (χ2v) is 3.63. The number of nitrogens with one attached hydrogen (secondary N) is 1. The summed E-state index contributed by atoms with van der Waals surface area (Å²) in [5, 5.41) is 11.9. The van der Waals surface area contributed by atoms with Gasteiger partial charge in [0.15, 0.2) is 0 Å². The number of rotatable bonds is 6. The molecule has 0 unspecified atom stereocenters. The molecule has 1 rings (SSSR count). The summed E-state index contributed by atoms with van der Waals surface area (Å²) >= 11 is 0. The molecule has 0 radical (unpaired) electrons. The molecule has 6 nitrogen and oxygen atoms in total. The number of primary amides is 1. The van der Waals surface area contributed by atoms with Gasteiger partial charge in [-0.15, -0.1) is 0 Å². The molecule has 90 valence electrons. The van der Waals surface area contributed by atoms with Crippen molar-refractivity contribution in [3.8, 4) is 6.07 Å². The number of unbranched alkanes of at least 4 members (excludes halogenated alkanes) is 1. The molecule has 1 amide bonds. The van der Waals surface area contributed by atoms with E-state index in [9.17, 15) is 4.79 Å². The standard InChI is InChI=1S/C11H15N5O/c12-6-8-5-9(13)7-16-11(8)15-4-2-1-3-10(14)17/h5,7H,1-4,13H2,(H2,14,17)(H,15,16). The summed E-state index contributed by atoms with van der Waals surface area (Å²) < 4.78 is 0. The van der Waals surface area contributed by atoms with E-state index < -0.39 is 0 Å². The van der Waals surface area contributed by atoms with Gasteiger partial charge in [0.25, 0.3) is 0 Å². The number of nitrogens with two attached hydrogens (primary N) is 2. The minimum Gasteiger partial charge on any atom is -0.397 e. The number of amides is 1. The molecule has 0 bridgehead atoms. The highest BCUT2D eigenvalue weighted by Crippen LogP contribution is 2.14. The summed E-state index contributed by atoms with van der Waals surface area (Å²) in [6, 6.07) is 3.58. The summed E-state index contributed by atoms with van der Waals surface area (Å²) in [7, 11) is 0. The molecule has 0 fully saturated rings. The van der Waals surface area contributed by atoms with Gasteiger partial charge in [0, 0.05) is 13.0 Å². The Morgan fingerprint density at radius 1 is 1.53 bits per heavy atom. The van der Waals surface area contributed by atoms with Crippen LogP contribution in [0.3, 0.4) is 0 Å². The maximum absolute atomic E-state index is 10.5. The van der Waals surface area contributed by atoms with Crippen LogP contribution < -0.4 is 16.8 Å². The average molecular weight is 233 g/mol. The van der Waals surface area contributed by atoms with Crippen molar-refractivity contribution in [1.82, 2.24) is 4.98 Å². The number of pyridine rings is 1. The molecule has 0 saturated heterocycles. The van der Waals surface area contributed by atoms with E-state index in [1.807, 2.05) is 6.07 Å². The lowest BCUT2D eigenvalue weighted by Crippen LogP contribution is -2.11. The van der Waals surface area contributed by atoms with Crippen molar-refractivity contribution < 1.29 is 4.79 Å². The van der Waals surface area contributed by atoms with E-state index in [2.05, 4.69) is 10.3 Å². The van der Waals surface area contributed by atoms with Gasteiger partial charge in [-0.3, -0.25) is 4.79 Å². The molecule has 0 spiro atoms. The number of carbonyl (C=O) groups is 1. The van der Waals surface area contributed by atoms with Crippen LogP contribution in [0.25, 0.3) is 0 Å². The third-order valence-electron chi connectivity index (χ3n) is 2.17. The van der Waals surface area contributed by atoms with Gasteiger partial charge in [-0.05, 0) is 18.9 Å². The largest absolute Gasteiger partial charge is 0.397 e. The Kier molecular flexibility index (Phi) is 4.76. The molecular weight excluding hydrogens is 218 g/mol. The van der Waals surface area contributed by atoms with Crippen LogP contribution >= 0.6 is 0 Å². The SMILES string of the molecule is N#Cc1cc(N)cnc1NCCCCC(N)=O. The maximum Gasteiger partial charge on any atom is 0.217 e. The highest BCUT2D eigenvalue weighted by atomic mass is 16.1. The molecule has 5 N–H and O–H groups in total. The van der Waals surface area contributed by atoms with Gasteiger partial charge < -0.3 is 16.8 Å². The van der Waals surface area contributed by atoms with Crippen molar-refractivity contribution in [3.63, 3.8) is 0 Å². The van der Waals surface area contributed by atoms with Gasteiger partial charge in [0.2, 0.25) is 5.91 Å². The van der Waals surface area contributed by atoms with E-state index in [1.54, 1.807) is 6.07 Å². The quantitative estimate of drug-likeness (QED) is 0.622. The van der Waals surface area contributed by atoms with Gasteiger partial charge >= 0.3 is 0 Å². The topological polar surface area (TPSA) is 118 Å². The Morgan fingerprint density at radius 3 is 2.94 bits per heavy atom. The fraction of sp³-hybridized carbons (Fsp3) is 0.364. The lowest BCUT2D eigenvalue weighted by Gasteiger charge is -2.06. The first-order valence-corrected chi connectivity index (χ1v) is 5.31. The molecule has 0 aliphatic rings. The van der Waals surface area contributed by atoms with Crippen LogP contribution in [-0.2, 0) is 4.79 Å². The van der Waals surface area contributed by atoms with Crippen LogP contribution in [0.2, 0.25) is 0 Å². The normalized spacial score (nSPS) is 9.59. The lowest BCUT2D eigenvalue weighted by atomic mass is 10.2. The van der Waals surface area contributed by atoms with Crippen LogP contribution in [0.4, 0.5) is 11.5 Å². The first kappa shape index (κ1) is 12.8. The number of nitriles is 1. The van der Waals surface area contributed by atoms with E-state index in [4.69, 9.17) is 16.7 Å². The smallest absolute Gasteiger partial charge is 0.217 e. The van der Waals surface area contributed by atoms with Crippen LogP contribution in [-0.4, -0.2) is 17.4 Å². The molecule has 1 heterocycles. The Hall–Kier alpha value is -2.29. The van der Waals surface area contributed by atoms with Crippen LogP contribution in [0.5, 0.6) is 0 Å². The van der Waals surface area contributed by atoms with Gasteiger partial charge in [0.05, 0.1) is 17.4 Å². The minimum absolute atomic E-state index is 0.298. The van der Waals surface area contributed by atoms with Crippen LogP contribution in [0, 0.1) is 11.3 Å². The van der Waals surface area contributed by atoms with Crippen LogP contribution in [0.1, 0.15) is 24.8 Å². The predicted octanol–water partition coefficient (Wildman–Crippen LogP) is 0.603. The maximum atomic E-state index is 10.5. The van der Waals surface area contributed by atoms with Gasteiger partial charge in [-0.1, -0.05) is 0 Å². The molecule has 0 aliphatic carbocycles. The molecule has 6 heteroatoms. The molecular formula is C11H15N5O. The molecule has 1 aromatic heterocycles. The number of hydrogen-bond acceptors (Lipinski definition) is 5. The number of anilines is 2. The molecule has 0 atom stereocenters. The number of nitrogen functional groups attached to an aromatic ring is 1. The van der Waals surface area contributed by atoms with Crippen molar-refractivity contribution in [2.24, 2.45) is 5.73 Å². The molecule has 1 aromatic rings. The Morgan fingerprint density at radius 2 is 2.29 bits per heavy atom. The van der Waals surface area contributed by atoms with Crippen molar-refractivity contribution >= 4 is 17.4 Å². The lowest BCUT2D eigenvalue weighted by molar-refractivity contribution is -0.118. The zero-order valence-electron chi connectivity index (χ0n) is 9.44. The van der Waals surface area contributed by atoms with E-state index >= 15 is 0 Å². The van der Waals surface area contributed by atoms with Crippen molar-refractivity contribution in [3.05, 3.63) is 17.8 Å². The number of hydrogen-bond donors (Lipinski definition) is 3. The highest BCUT2D eigenvalue weighted by molar-refractivity contribution is 5.73. The van der Waals surface area contributed by atoms with Crippen molar-refractivity contribution in [1.29, 1.82) is 5.26 Å². The summed E-state index contributed by atoms with van der Waals surface area (Å²) in [5.74, 6) is 0.217. The van der Waals surface area contributed by atoms with Gasteiger partial charge in [-0.25, -0.2) is 4.98 Å². The Bertz CT molecular complexity index is 438. The summed E-state index contributed by atoms with van der Waals surface area (Å²) in [6.07, 6.45) is 3.38. The van der Waals surface area contributed by atoms with E-state index in [1.165, 1.54) is 6.20 Å². The molecule has 0 saturated carbocycles. The third kappa shape index (κ3) is 4.38. The Labute approximate surface area is 99.6 Å². The molecule has 0 aliphatic heterocycles. The number of aromatic nitrogens is 1. The second-order valence-electron chi connectivity index (χ2n) is 3.63. The van der Waals surface area contributed by atoms with Crippen LogP contribution in [0.15, 0.2) is 12.3 Å². The van der Waals surface area contributed by atoms with E-state index in [-0.39, 0.29) is 5.91 Å². The number of carbonyl (C=O) groups excluding carboxylic acids is 1. The zero-order valence-corrected chi connectivity index (χ0v) is 9.44. The average Bonchev–Trinajstić information content (AvgIpc) is 2.29. The van der Waals surface area contributed by atoms with Gasteiger partial charge in [-0.2, -0.15) is 5.26 Å². The first-order valence-electron chi connectivity index (χ1n) is 5.31. The highest BCUT2D eigenvalue weighted by Gasteiger charge is 2.03. The predicted molar refractivity (Wildman–Crippen MR) is 64.9 cm³/mol. The summed E-state index contributed by atoms with van der Waals surface area (Å²) in [6.45, 7) is 0.638.